The maximum atomic E-state index is 13.3. The molecule has 0 bridgehead atoms. The zero-order chi connectivity index (χ0) is 19.7. The number of rotatable bonds is 4. The van der Waals surface area contributed by atoms with Gasteiger partial charge < -0.3 is 4.90 Å². The molecular formula is C24H25ClN2O. The largest absolute Gasteiger partial charge is 0.331 e. The minimum Gasteiger partial charge on any atom is -0.331 e. The summed E-state index contributed by atoms with van der Waals surface area (Å²) in [6.07, 6.45) is 4.45. The third kappa shape index (κ3) is 3.77. The van der Waals surface area contributed by atoms with Gasteiger partial charge in [0, 0.05) is 29.1 Å². The Labute approximate surface area is 171 Å². The average molecular weight is 393 g/mol. The van der Waals surface area contributed by atoms with Crippen molar-refractivity contribution >= 4 is 28.4 Å². The number of aryl methyl sites for hydroxylation is 2. The molecule has 0 radical (unpaired) electrons. The first kappa shape index (κ1) is 18.9. The highest BCUT2D eigenvalue weighted by molar-refractivity contribution is 6.30. The maximum absolute atomic E-state index is 13.3. The van der Waals surface area contributed by atoms with E-state index in [0.717, 1.165) is 40.4 Å². The van der Waals surface area contributed by atoms with Crippen LogP contribution in [0.4, 0.5) is 0 Å². The zero-order valence-electron chi connectivity index (χ0n) is 16.4. The van der Waals surface area contributed by atoms with Crippen LogP contribution in [0.3, 0.4) is 0 Å². The molecular weight excluding hydrogens is 368 g/mol. The fraction of sp³-hybridized carbons (Fsp3) is 0.333. The number of benzene rings is 2. The molecule has 1 heterocycles. The van der Waals surface area contributed by atoms with Crippen LogP contribution in [0.5, 0.6) is 0 Å². The van der Waals surface area contributed by atoms with Crippen molar-refractivity contribution in [2.75, 3.05) is 0 Å². The number of hydrogen-bond donors (Lipinski definition) is 0. The van der Waals surface area contributed by atoms with Crippen LogP contribution in [0.1, 0.15) is 52.7 Å². The molecule has 1 saturated carbocycles. The lowest BCUT2D eigenvalue weighted by Crippen LogP contribution is -2.38. The highest BCUT2D eigenvalue weighted by Gasteiger charge is 2.28. The number of amides is 1. The van der Waals surface area contributed by atoms with Gasteiger partial charge in [0.25, 0.3) is 5.91 Å². The molecule has 3 nitrogen and oxygen atoms in total. The van der Waals surface area contributed by atoms with Crippen LogP contribution in [0.2, 0.25) is 5.15 Å². The Hall–Kier alpha value is -2.39. The van der Waals surface area contributed by atoms with Crippen LogP contribution >= 0.6 is 11.6 Å². The van der Waals surface area contributed by atoms with E-state index in [9.17, 15) is 4.79 Å². The quantitative estimate of drug-likeness (QED) is 0.503. The van der Waals surface area contributed by atoms with E-state index in [-0.39, 0.29) is 11.9 Å². The predicted octanol–water partition coefficient (Wildman–Crippen LogP) is 6.09. The molecule has 0 saturated heterocycles. The highest BCUT2D eigenvalue weighted by Crippen LogP contribution is 2.30. The molecule has 0 atom stereocenters. The van der Waals surface area contributed by atoms with Gasteiger partial charge in [-0.15, -0.1) is 0 Å². The molecule has 1 amide bonds. The van der Waals surface area contributed by atoms with Crippen LogP contribution in [0.15, 0.2) is 48.5 Å². The van der Waals surface area contributed by atoms with Crippen molar-refractivity contribution in [2.45, 2.75) is 52.1 Å². The molecule has 1 aliphatic carbocycles. The van der Waals surface area contributed by atoms with E-state index < -0.39 is 0 Å². The van der Waals surface area contributed by atoms with Gasteiger partial charge in [-0.3, -0.25) is 4.79 Å². The summed E-state index contributed by atoms with van der Waals surface area (Å²) in [5, 5.41) is 1.57. The van der Waals surface area contributed by atoms with Gasteiger partial charge in [-0.1, -0.05) is 54.3 Å². The molecule has 1 aliphatic rings. The number of carbonyl (C=O) groups is 1. The average Bonchev–Trinajstić information content (AvgIpc) is 3.21. The number of halogens is 1. The number of fused-ring (bicyclic) bond motifs is 1. The highest BCUT2D eigenvalue weighted by atomic mass is 35.5. The smallest absolute Gasteiger partial charge is 0.254 e. The Morgan fingerprint density at radius 1 is 1.11 bits per heavy atom. The van der Waals surface area contributed by atoms with E-state index in [1.165, 1.54) is 18.4 Å². The Bertz CT molecular complexity index is 1010. The van der Waals surface area contributed by atoms with Gasteiger partial charge in [-0.25, -0.2) is 4.98 Å². The molecule has 0 unspecified atom stereocenters. The van der Waals surface area contributed by atoms with Crippen LogP contribution in [-0.2, 0) is 6.54 Å². The van der Waals surface area contributed by atoms with Crippen molar-refractivity contribution in [3.63, 3.8) is 0 Å². The Morgan fingerprint density at radius 3 is 2.54 bits per heavy atom. The van der Waals surface area contributed by atoms with Crippen LogP contribution in [0, 0.1) is 13.8 Å². The van der Waals surface area contributed by atoms with Gasteiger partial charge in [0.1, 0.15) is 5.15 Å². The van der Waals surface area contributed by atoms with E-state index in [2.05, 4.69) is 37.0 Å². The first-order chi connectivity index (χ1) is 13.5. The number of aromatic nitrogens is 1. The monoisotopic (exact) mass is 392 g/mol. The predicted molar refractivity (Wildman–Crippen MR) is 115 cm³/mol. The molecule has 4 heteroatoms. The summed E-state index contributed by atoms with van der Waals surface area (Å²) < 4.78 is 0. The minimum absolute atomic E-state index is 0.0732. The second kappa shape index (κ2) is 7.92. The topological polar surface area (TPSA) is 33.2 Å². The maximum Gasteiger partial charge on any atom is 0.254 e. The number of carbonyl (C=O) groups excluding carboxylic acids is 1. The molecule has 28 heavy (non-hydrogen) atoms. The molecule has 3 aromatic rings. The molecule has 2 aromatic carbocycles. The van der Waals surface area contributed by atoms with Crippen LogP contribution < -0.4 is 0 Å². The van der Waals surface area contributed by atoms with Crippen molar-refractivity contribution < 1.29 is 4.79 Å². The molecule has 1 fully saturated rings. The number of pyridine rings is 1. The van der Waals surface area contributed by atoms with Crippen LogP contribution in [-0.4, -0.2) is 21.8 Å². The molecule has 0 spiro atoms. The van der Waals surface area contributed by atoms with Gasteiger partial charge in [0.15, 0.2) is 0 Å². The lowest BCUT2D eigenvalue weighted by molar-refractivity contribution is 0.0664. The third-order valence-corrected chi connectivity index (χ3v) is 5.99. The summed E-state index contributed by atoms with van der Waals surface area (Å²) in [4.78, 5) is 19.9. The van der Waals surface area contributed by atoms with E-state index >= 15 is 0 Å². The fourth-order valence-corrected chi connectivity index (χ4v) is 4.50. The molecule has 0 N–H and O–H groups in total. The summed E-state index contributed by atoms with van der Waals surface area (Å²) in [6, 6.07) is 16.2. The summed E-state index contributed by atoms with van der Waals surface area (Å²) in [6.45, 7) is 4.64. The van der Waals surface area contributed by atoms with Gasteiger partial charge in [0.05, 0.1) is 5.52 Å². The summed E-state index contributed by atoms with van der Waals surface area (Å²) in [5.74, 6) is 0.0732. The second-order valence-electron chi connectivity index (χ2n) is 7.83. The zero-order valence-corrected chi connectivity index (χ0v) is 17.2. The van der Waals surface area contributed by atoms with Gasteiger partial charge in [0.2, 0.25) is 0 Å². The van der Waals surface area contributed by atoms with Crippen molar-refractivity contribution in [1.82, 2.24) is 9.88 Å². The lowest BCUT2D eigenvalue weighted by Gasteiger charge is -2.29. The second-order valence-corrected chi connectivity index (χ2v) is 8.19. The van der Waals surface area contributed by atoms with Gasteiger partial charge >= 0.3 is 0 Å². The van der Waals surface area contributed by atoms with Gasteiger partial charge in [-0.05, 0) is 56.5 Å². The molecule has 4 rings (SSSR count). The first-order valence-corrected chi connectivity index (χ1v) is 10.3. The molecule has 0 aliphatic heterocycles. The van der Waals surface area contributed by atoms with E-state index in [4.69, 9.17) is 11.6 Å². The fourth-order valence-electron chi connectivity index (χ4n) is 4.30. The minimum atomic E-state index is 0.0732. The van der Waals surface area contributed by atoms with E-state index in [1.54, 1.807) is 0 Å². The number of hydrogen-bond acceptors (Lipinski definition) is 2. The van der Waals surface area contributed by atoms with Crippen LogP contribution in [0.25, 0.3) is 10.9 Å². The van der Waals surface area contributed by atoms with E-state index in [0.29, 0.717) is 11.7 Å². The molecule has 144 valence electrons. The standard InChI is InChI=1S/C24H25ClN2O/c1-16-12-17(2)22-19(13-16)14-20(23(25)26-22)15-27(21-10-6-7-11-21)24(28)18-8-4-3-5-9-18/h3-5,8-9,12-14,21H,6-7,10-11,15H2,1-2H3. The Kier molecular flexibility index (Phi) is 5.36. The van der Waals surface area contributed by atoms with E-state index in [1.807, 2.05) is 35.2 Å². The summed E-state index contributed by atoms with van der Waals surface area (Å²) >= 11 is 6.57. The van der Waals surface area contributed by atoms with Crippen molar-refractivity contribution in [1.29, 1.82) is 0 Å². The van der Waals surface area contributed by atoms with Crippen molar-refractivity contribution in [3.8, 4) is 0 Å². The van der Waals surface area contributed by atoms with Crippen molar-refractivity contribution in [2.24, 2.45) is 0 Å². The number of nitrogens with zero attached hydrogens (tertiary/aromatic N) is 2. The SMILES string of the molecule is Cc1cc(C)c2nc(Cl)c(CN(C(=O)c3ccccc3)C3CCCC3)cc2c1. The Balaban J connectivity index is 1.72. The first-order valence-electron chi connectivity index (χ1n) is 9.95. The Morgan fingerprint density at radius 2 is 1.82 bits per heavy atom. The van der Waals surface area contributed by atoms with Crippen molar-refractivity contribution in [3.05, 3.63) is 75.9 Å². The summed E-state index contributed by atoms with van der Waals surface area (Å²) in [7, 11) is 0. The molecule has 1 aromatic heterocycles. The third-order valence-electron chi connectivity index (χ3n) is 5.67. The lowest BCUT2D eigenvalue weighted by atomic mass is 10.0. The summed E-state index contributed by atoms with van der Waals surface area (Å²) in [5.41, 5.74) is 4.90. The normalized spacial score (nSPS) is 14.5. The van der Waals surface area contributed by atoms with Gasteiger partial charge in [-0.2, -0.15) is 0 Å².